The first-order valence-corrected chi connectivity index (χ1v) is 8.65. The van der Waals surface area contributed by atoms with E-state index in [4.69, 9.17) is 17.3 Å². The summed E-state index contributed by atoms with van der Waals surface area (Å²) in [5.74, 6) is -0.118. The molecule has 26 heavy (non-hydrogen) atoms. The number of nitrogens with zero attached hydrogens (tertiary/aromatic N) is 1. The largest absolute Gasteiger partial charge is 0.403 e. The Morgan fingerprint density at radius 1 is 1.12 bits per heavy atom. The number of benzene rings is 2. The summed E-state index contributed by atoms with van der Waals surface area (Å²) < 4.78 is 0. The van der Waals surface area contributed by atoms with Gasteiger partial charge in [-0.15, -0.1) is 0 Å². The van der Waals surface area contributed by atoms with Crippen LogP contribution in [0.3, 0.4) is 0 Å². The van der Waals surface area contributed by atoms with E-state index in [-0.39, 0.29) is 5.91 Å². The molecule has 0 fully saturated rings. The van der Waals surface area contributed by atoms with Crippen molar-refractivity contribution in [3.63, 3.8) is 0 Å². The molecule has 0 aromatic heterocycles. The van der Waals surface area contributed by atoms with Crippen LogP contribution in [-0.4, -0.2) is 19.2 Å². The molecule has 0 aliphatic rings. The first kappa shape index (κ1) is 19.5. The van der Waals surface area contributed by atoms with Crippen LogP contribution in [0.4, 0.5) is 0 Å². The van der Waals surface area contributed by atoms with Crippen molar-refractivity contribution in [1.29, 1.82) is 0 Å². The Morgan fingerprint density at radius 3 is 2.38 bits per heavy atom. The topological polar surface area (TPSA) is 67.5 Å². The van der Waals surface area contributed by atoms with Crippen LogP contribution in [0.5, 0.6) is 0 Å². The van der Waals surface area contributed by atoms with E-state index in [0.717, 1.165) is 28.8 Å². The fraction of sp³-hybridized carbons (Fsp3) is 0.143. The smallest absolute Gasteiger partial charge is 0.244 e. The molecule has 0 unspecified atom stereocenters. The van der Waals surface area contributed by atoms with Gasteiger partial charge >= 0.3 is 0 Å². The molecule has 0 aliphatic carbocycles. The van der Waals surface area contributed by atoms with Gasteiger partial charge < -0.3 is 11.1 Å². The predicted octanol–water partition coefficient (Wildman–Crippen LogP) is 3.76. The van der Waals surface area contributed by atoms with E-state index in [0.29, 0.717) is 18.0 Å². The highest BCUT2D eigenvalue weighted by molar-refractivity contribution is 6.30. The van der Waals surface area contributed by atoms with Crippen molar-refractivity contribution in [3.8, 4) is 0 Å². The summed E-state index contributed by atoms with van der Waals surface area (Å²) in [6.07, 6.45) is 6.17. The zero-order chi connectivity index (χ0) is 18.8. The summed E-state index contributed by atoms with van der Waals surface area (Å²) in [7, 11) is 0. The molecule has 0 saturated carbocycles. The summed E-state index contributed by atoms with van der Waals surface area (Å²) >= 11 is 5.85. The van der Waals surface area contributed by atoms with E-state index in [9.17, 15) is 4.79 Å². The average molecular weight is 368 g/mol. The number of halogens is 1. The number of carbonyl (C=O) groups excluding carboxylic acids is 1. The highest BCUT2D eigenvalue weighted by Crippen LogP contribution is 2.11. The van der Waals surface area contributed by atoms with Gasteiger partial charge in [0.25, 0.3) is 0 Å². The van der Waals surface area contributed by atoms with Gasteiger partial charge in [-0.1, -0.05) is 48.0 Å². The van der Waals surface area contributed by atoms with Crippen molar-refractivity contribution in [1.82, 2.24) is 5.32 Å². The van der Waals surface area contributed by atoms with Gasteiger partial charge in [0.05, 0.1) is 5.70 Å². The fourth-order valence-corrected chi connectivity index (χ4v) is 2.46. The second-order valence-corrected chi connectivity index (χ2v) is 6.17. The Bertz CT molecular complexity index is 793. The third-order valence-electron chi connectivity index (χ3n) is 3.81. The van der Waals surface area contributed by atoms with Crippen LogP contribution in [0.2, 0.25) is 5.02 Å². The normalized spacial score (nSPS) is 11.5. The molecule has 0 saturated heterocycles. The Morgan fingerprint density at radius 2 is 1.77 bits per heavy atom. The number of aliphatic imine (C=N–C) groups is 1. The van der Waals surface area contributed by atoms with Crippen LogP contribution >= 0.6 is 11.6 Å². The van der Waals surface area contributed by atoms with Crippen molar-refractivity contribution >= 4 is 30.3 Å². The standard InChI is InChI=1S/C21H22ClN3O/c1-24-20(15-23)14-18-4-2-16(3-5-18)8-11-21(26)25-13-12-17-6-9-19(22)10-7-17/h2-11,15H,1,12-14,23H2,(H,25,26)/b11-8+,20-15-. The Kier molecular flexibility index (Phi) is 7.65. The number of nitrogens with two attached hydrogens (primary N) is 1. The van der Waals surface area contributed by atoms with E-state index in [2.05, 4.69) is 17.0 Å². The summed E-state index contributed by atoms with van der Waals surface area (Å²) in [5.41, 5.74) is 9.36. The van der Waals surface area contributed by atoms with Gasteiger partial charge in [0.15, 0.2) is 0 Å². The summed E-state index contributed by atoms with van der Waals surface area (Å²) in [4.78, 5) is 15.7. The molecular formula is C21H22ClN3O. The molecule has 4 nitrogen and oxygen atoms in total. The molecule has 0 aliphatic heterocycles. The molecule has 0 radical (unpaired) electrons. The lowest BCUT2D eigenvalue weighted by Gasteiger charge is -2.03. The molecule has 0 bridgehead atoms. The van der Waals surface area contributed by atoms with Crippen molar-refractivity contribution in [2.24, 2.45) is 10.7 Å². The van der Waals surface area contributed by atoms with Gasteiger partial charge in [0, 0.05) is 30.3 Å². The van der Waals surface area contributed by atoms with Gasteiger partial charge in [0.1, 0.15) is 0 Å². The summed E-state index contributed by atoms with van der Waals surface area (Å²) in [5, 5.41) is 3.58. The van der Waals surface area contributed by atoms with Crippen LogP contribution < -0.4 is 11.1 Å². The van der Waals surface area contributed by atoms with Crippen LogP contribution in [0.25, 0.3) is 6.08 Å². The molecule has 5 heteroatoms. The summed E-state index contributed by atoms with van der Waals surface area (Å²) in [6.45, 7) is 4.06. The van der Waals surface area contributed by atoms with Gasteiger partial charge in [-0.25, -0.2) is 0 Å². The number of rotatable bonds is 8. The number of amides is 1. The summed E-state index contributed by atoms with van der Waals surface area (Å²) in [6, 6.07) is 15.5. The molecule has 0 spiro atoms. The van der Waals surface area contributed by atoms with Crippen LogP contribution in [0.15, 0.2) is 71.5 Å². The van der Waals surface area contributed by atoms with E-state index in [1.165, 1.54) is 12.3 Å². The molecule has 3 N–H and O–H groups in total. The Hall–Kier alpha value is -2.85. The maximum absolute atomic E-state index is 11.9. The molecule has 2 aromatic rings. The first-order chi connectivity index (χ1) is 12.6. The zero-order valence-electron chi connectivity index (χ0n) is 14.5. The third-order valence-corrected chi connectivity index (χ3v) is 4.07. The van der Waals surface area contributed by atoms with Gasteiger partial charge in [-0.05, 0) is 48.0 Å². The van der Waals surface area contributed by atoms with Crippen molar-refractivity contribution < 1.29 is 4.79 Å². The minimum absolute atomic E-state index is 0.118. The minimum Gasteiger partial charge on any atom is -0.403 e. The molecule has 1 amide bonds. The maximum atomic E-state index is 11.9. The zero-order valence-corrected chi connectivity index (χ0v) is 15.2. The van der Waals surface area contributed by atoms with E-state index < -0.39 is 0 Å². The lowest BCUT2D eigenvalue weighted by Crippen LogP contribution is -2.23. The Balaban J connectivity index is 1.80. The molecule has 0 heterocycles. The van der Waals surface area contributed by atoms with Crippen LogP contribution in [0, 0.1) is 0 Å². The van der Waals surface area contributed by atoms with Gasteiger partial charge in [-0.2, -0.15) is 0 Å². The minimum atomic E-state index is -0.118. The quantitative estimate of drug-likeness (QED) is 0.551. The van der Waals surface area contributed by atoms with Gasteiger partial charge in [0.2, 0.25) is 5.91 Å². The number of hydrogen-bond donors (Lipinski definition) is 2. The fourth-order valence-electron chi connectivity index (χ4n) is 2.34. The van der Waals surface area contributed by atoms with Gasteiger partial charge in [-0.3, -0.25) is 9.79 Å². The lowest BCUT2D eigenvalue weighted by atomic mass is 10.1. The van der Waals surface area contributed by atoms with E-state index in [1.807, 2.05) is 48.5 Å². The second-order valence-electron chi connectivity index (χ2n) is 5.74. The van der Waals surface area contributed by atoms with Crippen LogP contribution in [0.1, 0.15) is 16.7 Å². The SMILES string of the molecule is C=N/C(=C\N)Cc1ccc(/C=C/C(=O)NCCc2ccc(Cl)cc2)cc1. The third kappa shape index (κ3) is 6.57. The average Bonchev–Trinajstić information content (AvgIpc) is 2.67. The highest BCUT2D eigenvalue weighted by Gasteiger charge is 1.99. The number of hydrogen-bond acceptors (Lipinski definition) is 3. The van der Waals surface area contributed by atoms with E-state index in [1.54, 1.807) is 6.08 Å². The maximum Gasteiger partial charge on any atom is 0.244 e. The lowest BCUT2D eigenvalue weighted by molar-refractivity contribution is -0.116. The van der Waals surface area contributed by atoms with Crippen molar-refractivity contribution in [2.75, 3.05) is 6.54 Å². The molecule has 0 atom stereocenters. The molecule has 134 valence electrons. The van der Waals surface area contributed by atoms with Crippen molar-refractivity contribution in [3.05, 3.63) is 88.2 Å². The van der Waals surface area contributed by atoms with E-state index >= 15 is 0 Å². The molecule has 2 rings (SSSR count). The predicted molar refractivity (Wildman–Crippen MR) is 109 cm³/mol. The van der Waals surface area contributed by atoms with Crippen LogP contribution in [-0.2, 0) is 17.6 Å². The number of allylic oxidation sites excluding steroid dienone is 1. The van der Waals surface area contributed by atoms with Crippen molar-refractivity contribution in [2.45, 2.75) is 12.8 Å². The second kappa shape index (κ2) is 10.2. The molecular weight excluding hydrogens is 346 g/mol. The Labute approximate surface area is 159 Å². The number of carbonyl (C=O) groups is 1. The monoisotopic (exact) mass is 367 g/mol. The first-order valence-electron chi connectivity index (χ1n) is 8.27. The number of nitrogens with one attached hydrogen (secondary N) is 1. The highest BCUT2D eigenvalue weighted by atomic mass is 35.5. The molecule has 2 aromatic carbocycles.